The zero-order valence-corrected chi connectivity index (χ0v) is 10.1. The largest absolute Gasteiger partial charge is 0.480 e. The highest BCUT2D eigenvalue weighted by Crippen LogP contribution is 2.21. The van der Waals surface area contributed by atoms with Crippen molar-refractivity contribution in [2.75, 3.05) is 13.1 Å². The summed E-state index contributed by atoms with van der Waals surface area (Å²) < 4.78 is 26.2. The van der Waals surface area contributed by atoms with E-state index in [4.69, 9.17) is 5.11 Å². The average molecular weight is 255 g/mol. The molecule has 0 saturated carbocycles. The fourth-order valence-electron chi connectivity index (χ4n) is 1.73. The molecule has 1 aromatic rings. The van der Waals surface area contributed by atoms with E-state index in [0.717, 1.165) is 6.07 Å². The molecular formula is C13H15F2NO2. The molecular weight excluding hydrogens is 240 g/mol. The number of carboxylic acids is 1. The minimum atomic E-state index is -0.999. The van der Waals surface area contributed by atoms with E-state index in [1.165, 1.54) is 12.1 Å². The normalized spacial score (nSPS) is 12.4. The third-order valence-corrected chi connectivity index (χ3v) is 2.62. The first kappa shape index (κ1) is 14.3. The molecule has 3 nitrogen and oxygen atoms in total. The van der Waals surface area contributed by atoms with Crippen molar-refractivity contribution >= 4 is 5.97 Å². The lowest BCUT2D eigenvalue weighted by Crippen LogP contribution is -2.32. The molecule has 98 valence electrons. The number of halogens is 2. The van der Waals surface area contributed by atoms with E-state index in [0.29, 0.717) is 12.1 Å². The Morgan fingerprint density at radius 1 is 1.44 bits per heavy atom. The van der Waals surface area contributed by atoms with Crippen LogP contribution < -0.4 is 0 Å². The summed E-state index contributed by atoms with van der Waals surface area (Å²) in [5, 5.41) is 8.79. The van der Waals surface area contributed by atoms with Gasteiger partial charge < -0.3 is 5.11 Å². The molecule has 0 saturated heterocycles. The van der Waals surface area contributed by atoms with Crippen LogP contribution in [0, 0.1) is 11.6 Å². The number of nitrogens with zero attached hydrogens (tertiary/aromatic N) is 1. The lowest BCUT2D eigenvalue weighted by Gasteiger charge is -2.26. The average Bonchev–Trinajstić information content (AvgIpc) is 2.25. The molecule has 0 fully saturated rings. The van der Waals surface area contributed by atoms with Gasteiger partial charge in [-0.15, -0.1) is 6.58 Å². The summed E-state index contributed by atoms with van der Waals surface area (Å²) >= 11 is 0. The number of aliphatic carboxylic acids is 1. The first-order chi connectivity index (χ1) is 8.43. The highest BCUT2D eigenvalue weighted by Gasteiger charge is 2.18. The van der Waals surface area contributed by atoms with E-state index < -0.39 is 23.6 Å². The molecule has 0 amide bonds. The van der Waals surface area contributed by atoms with Crippen LogP contribution in [0.4, 0.5) is 8.78 Å². The first-order valence-corrected chi connectivity index (χ1v) is 5.46. The Morgan fingerprint density at radius 3 is 2.44 bits per heavy atom. The molecule has 1 rings (SSSR count). The van der Waals surface area contributed by atoms with Crippen LogP contribution in [0.3, 0.4) is 0 Å². The molecule has 0 spiro atoms. The number of carboxylic acid groups (broad SMARTS) is 1. The predicted molar refractivity (Wildman–Crippen MR) is 64.2 cm³/mol. The van der Waals surface area contributed by atoms with Gasteiger partial charge in [0.2, 0.25) is 0 Å². The number of benzene rings is 1. The summed E-state index contributed by atoms with van der Waals surface area (Å²) in [6.07, 6.45) is 1.55. The standard InChI is InChI=1S/C13H15F2NO2/c1-3-4-16(8-13(17)18)9(2)10-5-11(14)7-12(15)6-10/h3,5-7,9H,1,4,8H2,2H3,(H,17,18). The minimum Gasteiger partial charge on any atom is -0.480 e. The van der Waals surface area contributed by atoms with E-state index in [-0.39, 0.29) is 6.54 Å². The van der Waals surface area contributed by atoms with Gasteiger partial charge in [0.1, 0.15) is 11.6 Å². The van der Waals surface area contributed by atoms with Crippen molar-refractivity contribution in [1.82, 2.24) is 4.90 Å². The van der Waals surface area contributed by atoms with Crippen molar-refractivity contribution in [2.45, 2.75) is 13.0 Å². The second-order valence-electron chi connectivity index (χ2n) is 3.99. The zero-order chi connectivity index (χ0) is 13.7. The highest BCUT2D eigenvalue weighted by molar-refractivity contribution is 5.69. The van der Waals surface area contributed by atoms with Gasteiger partial charge in [0.25, 0.3) is 0 Å². The third-order valence-electron chi connectivity index (χ3n) is 2.62. The van der Waals surface area contributed by atoms with Crippen LogP contribution in [0.2, 0.25) is 0 Å². The molecule has 1 atom stereocenters. The molecule has 0 heterocycles. The van der Waals surface area contributed by atoms with Crippen molar-refractivity contribution in [3.05, 3.63) is 48.1 Å². The Kier molecular flexibility index (Phi) is 4.97. The van der Waals surface area contributed by atoms with Crippen molar-refractivity contribution in [1.29, 1.82) is 0 Å². The van der Waals surface area contributed by atoms with Gasteiger partial charge in [0.15, 0.2) is 0 Å². The zero-order valence-electron chi connectivity index (χ0n) is 10.1. The van der Waals surface area contributed by atoms with E-state index in [2.05, 4.69) is 6.58 Å². The van der Waals surface area contributed by atoms with Crippen LogP contribution in [-0.2, 0) is 4.79 Å². The van der Waals surface area contributed by atoms with Gasteiger partial charge in [-0.25, -0.2) is 8.78 Å². The number of hydrogen-bond donors (Lipinski definition) is 1. The number of rotatable bonds is 6. The molecule has 0 aliphatic heterocycles. The quantitative estimate of drug-likeness (QED) is 0.794. The first-order valence-electron chi connectivity index (χ1n) is 5.46. The molecule has 0 aliphatic carbocycles. The summed E-state index contributed by atoms with van der Waals surface area (Å²) in [7, 11) is 0. The van der Waals surface area contributed by atoms with Gasteiger partial charge in [0.05, 0.1) is 6.54 Å². The van der Waals surface area contributed by atoms with Gasteiger partial charge >= 0.3 is 5.97 Å². The Hall–Kier alpha value is -1.75. The Balaban J connectivity index is 2.96. The maximum absolute atomic E-state index is 13.1. The van der Waals surface area contributed by atoms with Crippen molar-refractivity contribution in [3.8, 4) is 0 Å². The summed E-state index contributed by atoms with van der Waals surface area (Å²) in [4.78, 5) is 12.3. The Bertz CT molecular complexity index is 428. The molecule has 1 unspecified atom stereocenters. The summed E-state index contributed by atoms with van der Waals surface area (Å²) in [5.41, 5.74) is 0.399. The summed E-state index contributed by atoms with van der Waals surface area (Å²) in [6.45, 7) is 5.34. The van der Waals surface area contributed by atoms with Gasteiger partial charge in [-0.05, 0) is 24.6 Å². The molecule has 5 heteroatoms. The minimum absolute atomic E-state index is 0.217. The van der Waals surface area contributed by atoms with E-state index in [1.54, 1.807) is 17.9 Å². The van der Waals surface area contributed by atoms with E-state index in [9.17, 15) is 13.6 Å². The predicted octanol–water partition coefficient (Wildman–Crippen LogP) is 2.60. The van der Waals surface area contributed by atoms with Crippen molar-refractivity contribution in [2.24, 2.45) is 0 Å². The summed E-state index contributed by atoms with van der Waals surface area (Å²) in [6, 6.07) is 2.77. The number of carbonyl (C=O) groups is 1. The lowest BCUT2D eigenvalue weighted by molar-refractivity contribution is -0.138. The number of hydrogen-bond acceptors (Lipinski definition) is 2. The monoisotopic (exact) mass is 255 g/mol. The van der Waals surface area contributed by atoms with Crippen LogP contribution >= 0.6 is 0 Å². The SMILES string of the molecule is C=CCN(CC(=O)O)C(C)c1cc(F)cc(F)c1. The maximum atomic E-state index is 13.1. The van der Waals surface area contributed by atoms with Gasteiger partial charge in [0, 0.05) is 18.7 Å². The lowest BCUT2D eigenvalue weighted by atomic mass is 10.1. The van der Waals surface area contributed by atoms with Gasteiger partial charge in [-0.1, -0.05) is 6.08 Å². The fourth-order valence-corrected chi connectivity index (χ4v) is 1.73. The second-order valence-corrected chi connectivity index (χ2v) is 3.99. The summed E-state index contributed by atoms with van der Waals surface area (Å²) in [5.74, 6) is -2.35. The van der Waals surface area contributed by atoms with Gasteiger partial charge in [-0.2, -0.15) is 0 Å². The van der Waals surface area contributed by atoms with Crippen LogP contribution in [-0.4, -0.2) is 29.1 Å². The smallest absolute Gasteiger partial charge is 0.317 e. The Labute approximate surface area is 104 Å². The molecule has 1 N–H and O–H groups in total. The highest BCUT2D eigenvalue weighted by atomic mass is 19.1. The van der Waals surface area contributed by atoms with Crippen molar-refractivity contribution < 1.29 is 18.7 Å². The van der Waals surface area contributed by atoms with Crippen molar-refractivity contribution in [3.63, 3.8) is 0 Å². The topological polar surface area (TPSA) is 40.5 Å². The maximum Gasteiger partial charge on any atom is 0.317 e. The molecule has 1 aromatic carbocycles. The van der Waals surface area contributed by atoms with Crippen LogP contribution in [0.15, 0.2) is 30.9 Å². The van der Waals surface area contributed by atoms with Gasteiger partial charge in [-0.3, -0.25) is 9.69 Å². The third kappa shape index (κ3) is 3.92. The Morgan fingerprint density at radius 2 is 2.00 bits per heavy atom. The van der Waals surface area contributed by atoms with E-state index >= 15 is 0 Å². The second kappa shape index (κ2) is 6.26. The van der Waals surface area contributed by atoms with E-state index in [1.807, 2.05) is 0 Å². The molecule has 0 aromatic heterocycles. The molecule has 0 radical (unpaired) electrons. The molecule has 18 heavy (non-hydrogen) atoms. The molecule has 0 bridgehead atoms. The van der Waals surface area contributed by atoms with Crippen LogP contribution in [0.5, 0.6) is 0 Å². The van der Waals surface area contributed by atoms with Crippen LogP contribution in [0.1, 0.15) is 18.5 Å². The fraction of sp³-hybridized carbons (Fsp3) is 0.308. The van der Waals surface area contributed by atoms with Crippen LogP contribution in [0.25, 0.3) is 0 Å². The molecule has 0 aliphatic rings.